The van der Waals surface area contributed by atoms with Gasteiger partial charge in [-0.25, -0.2) is 0 Å². The molecule has 0 atom stereocenters. The Morgan fingerprint density at radius 3 is 2.39 bits per heavy atom. The number of pyridine rings is 1. The molecule has 5 heteroatoms. The molecule has 23 heavy (non-hydrogen) atoms. The Labute approximate surface area is 133 Å². The van der Waals surface area contributed by atoms with E-state index in [4.69, 9.17) is 9.47 Å². The van der Waals surface area contributed by atoms with Crippen LogP contribution in [0.5, 0.6) is 23.0 Å². The number of ether oxygens (including phenoxy) is 2. The number of phenolic OH excluding ortho intramolecular Hbond substituents is 2. The van der Waals surface area contributed by atoms with Gasteiger partial charge >= 0.3 is 0 Å². The fourth-order valence-corrected chi connectivity index (χ4v) is 2.58. The summed E-state index contributed by atoms with van der Waals surface area (Å²) in [6.07, 6.45) is 2.28. The van der Waals surface area contributed by atoms with Crippen LogP contribution in [-0.2, 0) is 6.42 Å². The lowest BCUT2D eigenvalue weighted by Crippen LogP contribution is -1.95. The highest BCUT2D eigenvalue weighted by molar-refractivity contribution is 5.88. The molecule has 0 saturated heterocycles. The zero-order valence-electron chi connectivity index (χ0n) is 12.9. The Balaban J connectivity index is 2.05. The zero-order chi connectivity index (χ0) is 16.4. The monoisotopic (exact) mass is 311 g/mol. The molecule has 3 rings (SSSR count). The fraction of sp³-hybridized carbons (Fsp3) is 0.167. The smallest absolute Gasteiger partial charge is 0.161 e. The summed E-state index contributed by atoms with van der Waals surface area (Å²) in [6, 6.07) is 10.5. The van der Waals surface area contributed by atoms with E-state index in [1.165, 1.54) is 14.2 Å². The summed E-state index contributed by atoms with van der Waals surface area (Å²) in [6.45, 7) is 0. The average Bonchev–Trinajstić information content (AvgIpc) is 2.56. The summed E-state index contributed by atoms with van der Waals surface area (Å²) in [5.41, 5.74) is 1.78. The molecule has 1 heterocycles. The van der Waals surface area contributed by atoms with Gasteiger partial charge < -0.3 is 19.7 Å². The Morgan fingerprint density at radius 2 is 1.65 bits per heavy atom. The van der Waals surface area contributed by atoms with Gasteiger partial charge in [-0.1, -0.05) is 6.07 Å². The molecule has 1 aromatic heterocycles. The lowest BCUT2D eigenvalue weighted by atomic mass is 10.0. The lowest BCUT2D eigenvalue weighted by molar-refractivity contribution is 0.373. The van der Waals surface area contributed by atoms with Crippen LogP contribution in [0.1, 0.15) is 11.3 Å². The molecule has 0 aliphatic rings. The number of hydrogen-bond donors (Lipinski definition) is 2. The molecule has 0 spiro atoms. The van der Waals surface area contributed by atoms with Gasteiger partial charge in [-0.15, -0.1) is 0 Å². The molecule has 5 nitrogen and oxygen atoms in total. The second-order valence-corrected chi connectivity index (χ2v) is 5.19. The molecule has 118 valence electrons. The van der Waals surface area contributed by atoms with Crippen molar-refractivity contribution in [2.75, 3.05) is 14.2 Å². The third kappa shape index (κ3) is 2.85. The van der Waals surface area contributed by atoms with Crippen molar-refractivity contribution in [3.63, 3.8) is 0 Å². The molecule has 0 saturated carbocycles. The van der Waals surface area contributed by atoms with Crippen LogP contribution < -0.4 is 9.47 Å². The summed E-state index contributed by atoms with van der Waals surface area (Å²) in [7, 11) is 3.03. The first-order valence-electron chi connectivity index (χ1n) is 7.13. The standard InChI is InChI=1S/C18H17NO4/c1-22-17-8-11(3-4-15(17)20)7-14-13-10-16(21)18(23-2)9-12(13)5-6-19-14/h3-6,8-10,20-21H,7H2,1-2H3. The Bertz CT molecular complexity index is 861. The van der Waals surface area contributed by atoms with Gasteiger partial charge in [0.05, 0.1) is 19.9 Å². The van der Waals surface area contributed by atoms with E-state index in [-0.39, 0.29) is 11.5 Å². The Hall–Kier alpha value is -2.95. The van der Waals surface area contributed by atoms with Gasteiger partial charge in [0.1, 0.15) is 0 Å². The summed E-state index contributed by atoms with van der Waals surface area (Å²) < 4.78 is 10.3. The molecule has 2 aromatic carbocycles. The van der Waals surface area contributed by atoms with E-state index < -0.39 is 0 Å². The highest BCUT2D eigenvalue weighted by Gasteiger charge is 2.10. The highest BCUT2D eigenvalue weighted by Crippen LogP contribution is 2.33. The van der Waals surface area contributed by atoms with Crippen LogP contribution in [0, 0.1) is 0 Å². The minimum absolute atomic E-state index is 0.0811. The number of aromatic nitrogens is 1. The molecule has 0 radical (unpaired) electrons. The number of nitrogens with zero attached hydrogens (tertiary/aromatic N) is 1. The third-order valence-electron chi connectivity index (χ3n) is 3.76. The largest absolute Gasteiger partial charge is 0.504 e. The summed E-state index contributed by atoms with van der Waals surface area (Å²) in [4.78, 5) is 4.42. The van der Waals surface area contributed by atoms with Crippen molar-refractivity contribution in [2.24, 2.45) is 0 Å². The first-order valence-corrected chi connectivity index (χ1v) is 7.13. The van der Waals surface area contributed by atoms with Crippen molar-refractivity contribution < 1.29 is 19.7 Å². The van der Waals surface area contributed by atoms with Gasteiger partial charge in [0, 0.05) is 18.0 Å². The van der Waals surface area contributed by atoms with Gasteiger partial charge in [-0.05, 0) is 41.3 Å². The van der Waals surface area contributed by atoms with E-state index in [1.807, 2.05) is 12.1 Å². The SMILES string of the molecule is COc1cc(Cc2nccc3cc(OC)c(O)cc23)ccc1O. The molecule has 0 unspecified atom stereocenters. The fourth-order valence-electron chi connectivity index (χ4n) is 2.58. The van der Waals surface area contributed by atoms with E-state index in [0.717, 1.165) is 22.0 Å². The molecule has 0 aliphatic carbocycles. The second-order valence-electron chi connectivity index (χ2n) is 5.19. The normalized spacial score (nSPS) is 10.7. The first kappa shape index (κ1) is 15.0. The van der Waals surface area contributed by atoms with Gasteiger partial charge in [-0.2, -0.15) is 0 Å². The molecule has 0 aliphatic heterocycles. The minimum Gasteiger partial charge on any atom is -0.504 e. The number of methoxy groups -OCH3 is 2. The topological polar surface area (TPSA) is 71.8 Å². The summed E-state index contributed by atoms with van der Waals surface area (Å²) in [5.74, 6) is 1.04. The van der Waals surface area contributed by atoms with Crippen LogP contribution in [-0.4, -0.2) is 29.4 Å². The first-order chi connectivity index (χ1) is 11.1. The maximum atomic E-state index is 10.0. The van der Waals surface area contributed by atoms with Crippen LogP contribution in [0.25, 0.3) is 10.8 Å². The van der Waals surface area contributed by atoms with Crippen molar-refractivity contribution in [1.29, 1.82) is 0 Å². The van der Waals surface area contributed by atoms with E-state index in [0.29, 0.717) is 17.9 Å². The summed E-state index contributed by atoms with van der Waals surface area (Å²) >= 11 is 0. The number of benzene rings is 2. The quantitative estimate of drug-likeness (QED) is 0.774. The zero-order valence-corrected chi connectivity index (χ0v) is 12.9. The molecule has 2 N–H and O–H groups in total. The van der Waals surface area contributed by atoms with Crippen LogP contribution in [0.2, 0.25) is 0 Å². The van der Waals surface area contributed by atoms with Crippen molar-refractivity contribution >= 4 is 10.8 Å². The molecular weight excluding hydrogens is 294 g/mol. The highest BCUT2D eigenvalue weighted by atomic mass is 16.5. The van der Waals surface area contributed by atoms with Crippen LogP contribution in [0.3, 0.4) is 0 Å². The minimum atomic E-state index is 0.0811. The van der Waals surface area contributed by atoms with Gasteiger partial charge in [0.2, 0.25) is 0 Å². The van der Waals surface area contributed by atoms with Crippen molar-refractivity contribution in [3.8, 4) is 23.0 Å². The van der Waals surface area contributed by atoms with Gasteiger partial charge in [0.15, 0.2) is 23.0 Å². The number of rotatable bonds is 4. The van der Waals surface area contributed by atoms with E-state index in [1.54, 1.807) is 30.5 Å². The maximum absolute atomic E-state index is 10.0. The van der Waals surface area contributed by atoms with Crippen LogP contribution in [0.4, 0.5) is 0 Å². The van der Waals surface area contributed by atoms with E-state index in [2.05, 4.69) is 4.98 Å². The van der Waals surface area contributed by atoms with Crippen LogP contribution >= 0.6 is 0 Å². The van der Waals surface area contributed by atoms with Crippen molar-refractivity contribution in [1.82, 2.24) is 4.98 Å². The van der Waals surface area contributed by atoms with Crippen molar-refractivity contribution in [2.45, 2.75) is 6.42 Å². The van der Waals surface area contributed by atoms with Gasteiger partial charge in [-0.3, -0.25) is 4.98 Å². The molecule has 3 aromatic rings. The second kappa shape index (κ2) is 6.04. The number of fused-ring (bicyclic) bond motifs is 1. The van der Waals surface area contributed by atoms with Crippen molar-refractivity contribution in [3.05, 3.63) is 53.9 Å². The molecule has 0 amide bonds. The number of phenols is 2. The summed E-state index contributed by atoms with van der Waals surface area (Å²) in [5, 5.41) is 21.5. The number of aromatic hydroxyl groups is 2. The van der Waals surface area contributed by atoms with E-state index >= 15 is 0 Å². The Kier molecular flexibility index (Phi) is 3.93. The Morgan fingerprint density at radius 1 is 0.913 bits per heavy atom. The predicted octanol–water partition coefficient (Wildman–Crippen LogP) is 3.25. The lowest BCUT2D eigenvalue weighted by Gasteiger charge is -2.10. The van der Waals surface area contributed by atoms with E-state index in [9.17, 15) is 10.2 Å². The third-order valence-corrected chi connectivity index (χ3v) is 3.76. The van der Waals surface area contributed by atoms with Gasteiger partial charge in [0.25, 0.3) is 0 Å². The predicted molar refractivity (Wildman–Crippen MR) is 87.4 cm³/mol. The van der Waals surface area contributed by atoms with Crippen LogP contribution in [0.15, 0.2) is 42.6 Å². The molecule has 0 bridgehead atoms. The molecule has 0 fully saturated rings. The number of hydrogen-bond acceptors (Lipinski definition) is 5. The average molecular weight is 311 g/mol. The maximum Gasteiger partial charge on any atom is 0.161 e. The molecular formula is C18H17NO4.